The lowest BCUT2D eigenvalue weighted by Crippen LogP contribution is -2.28. The van der Waals surface area contributed by atoms with E-state index in [4.69, 9.17) is 16.3 Å². The Bertz CT molecular complexity index is 1700. The minimum absolute atomic E-state index is 0.126. The topological polar surface area (TPSA) is 81.4 Å². The van der Waals surface area contributed by atoms with Gasteiger partial charge in [-0.1, -0.05) is 48.0 Å². The molecule has 5 rings (SSSR count). The number of aromatic nitrogens is 2. The number of carbonyl (C=O) groups is 2. The van der Waals surface area contributed by atoms with Crippen LogP contribution < -0.4 is 4.74 Å². The van der Waals surface area contributed by atoms with E-state index in [-0.39, 0.29) is 18.8 Å². The number of ketones is 1. The predicted octanol–water partition coefficient (Wildman–Crippen LogP) is 7.33. The van der Waals surface area contributed by atoms with Gasteiger partial charge in [-0.3, -0.25) is 9.59 Å². The van der Waals surface area contributed by atoms with Crippen molar-refractivity contribution < 1.29 is 19.4 Å². The van der Waals surface area contributed by atoms with Crippen LogP contribution in [0.1, 0.15) is 48.1 Å². The summed E-state index contributed by atoms with van der Waals surface area (Å²) in [7, 11) is 0. The van der Waals surface area contributed by atoms with E-state index < -0.39 is 11.4 Å². The van der Waals surface area contributed by atoms with Gasteiger partial charge in [0.05, 0.1) is 16.6 Å². The van der Waals surface area contributed by atoms with E-state index in [0.29, 0.717) is 28.6 Å². The van der Waals surface area contributed by atoms with Crippen molar-refractivity contribution in [2.75, 3.05) is 0 Å². The number of fused-ring (bicyclic) bond motifs is 2. The average Bonchev–Trinajstić information content (AvgIpc) is 3.20. The van der Waals surface area contributed by atoms with E-state index in [1.807, 2.05) is 83.4 Å². The summed E-state index contributed by atoms with van der Waals surface area (Å²) in [6.07, 6.45) is 0.191. The first kappa shape index (κ1) is 26.4. The third kappa shape index (κ3) is 5.52. The Morgan fingerprint density at radius 1 is 1.00 bits per heavy atom. The van der Waals surface area contributed by atoms with Crippen LogP contribution in [0.2, 0.25) is 5.02 Å². The third-order valence-electron chi connectivity index (χ3n) is 6.98. The SMILES string of the molecule is CC(=O)c1c(CC(C)(C)C(=O)O)n(Cc2ccc(Cl)cc2)c2ccc(OCc3ccc4ccccc4n3)cc12. The van der Waals surface area contributed by atoms with E-state index in [9.17, 15) is 14.7 Å². The highest BCUT2D eigenvalue weighted by atomic mass is 35.5. The zero-order valence-corrected chi connectivity index (χ0v) is 22.8. The number of pyridine rings is 1. The van der Waals surface area contributed by atoms with Crippen molar-refractivity contribution in [2.24, 2.45) is 5.41 Å². The summed E-state index contributed by atoms with van der Waals surface area (Å²) >= 11 is 6.09. The molecule has 0 aliphatic heterocycles. The van der Waals surface area contributed by atoms with Crippen molar-refractivity contribution in [1.82, 2.24) is 9.55 Å². The molecule has 0 bridgehead atoms. The minimum atomic E-state index is -1.07. The number of benzene rings is 3. The zero-order chi connectivity index (χ0) is 27.7. The molecule has 3 aromatic carbocycles. The van der Waals surface area contributed by atoms with E-state index in [1.165, 1.54) is 6.92 Å². The Labute approximate surface area is 231 Å². The van der Waals surface area contributed by atoms with Crippen molar-refractivity contribution in [1.29, 1.82) is 0 Å². The Balaban J connectivity index is 1.56. The average molecular weight is 541 g/mol. The van der Waals surface area contributed by atoms with Crippen LogP contribution in [0.4, 0.5) is 0 Å². The summed E-state index contributed by atoms with van der Waals surface area (Å²) in [5.41, 5.74) is 3.65. The summed E-state index contributed by atoms with van der Waals surface area (Å²) < 4.78 is 8.15. The van der Waals surface area contributed by atoms with Crippen LogP contribution in [-0.4, -0.2) is 26.4 Å². The number of carboxylic acids is 1. The molecule has 0 unspecified atom stereocenters. The van der Waals surface area contributed by atoms with Gasteiger partial charge in [-0.25, -0.2) is 4.98 Å². The zero-order valence-electron chi connectivity index (χ0n) is 22.1. The third-order valence-corrected chi connectivity index (χ3v) is 7.23. The van der Waals surface area contributed by atoms with Gasteiger partial charge < -0.3 is 14.4 Å². The highest BCUT2D eigenvalue weighted by Gasteiger charge is 2.32. The molecular formula is C32H29ClN2O4. The molecule has 0 fully saturated rings. The van der Waals surface area contributed by atoms with Gasteiger partial charge in [0.1, 0.15) is 12.4 Å². The largest absolute Gasteiger partial charge is 0.487 e. The molecule has 39 heavy (non-hydrogen) atoms. The number of carboxylic acid groups (broad SMARTS) is 1. The fraction of sp³-hybridized carbons (Fsp3) is 0.219. The van der Waals surface area contributed by atoms with Crippen LogP contribution in [0.25, 0.3) is 21.8 Å². The highest BCUT2D eigenvalue weighted by Crippen LogP contribution is 2.35. The van der Waals surface area contributed by atoms with E-state index in [2.05, 4.69) is 4.98 Å². The van der Waals surface area contributed by atoms with Gasteiger partial charge in [0.2, 0.25) is 0 Å². The first-order valence-electron chi connectivity index (χ1n) is 12.7. The van der Waals surface area contributed by atoms with Crippen LogP contribution in [0.15, 0.2) is 78.9 Å². The maximum absolute atomic E-state index is 13.0. The predicted molar refractivity (Wildman–Crippen MR) is 154 cm³/mol. The molecule has 5 aromatic rings. The molecular weight excluding hydrogens is 512 g/mol. The maximum Gasteiger partial charge on any atom is 0.309 e. The maximum atomic E-state index is 13.0. The highest BCUT2D eigenvalue weighted by molar-refractivity contribution is 6.30. The van der Waals surface area contributed by atoms with E-state index in [0.717, 1.165) is 33.1 Å². The van der Waals surface area contributed by atoms with Crippen LogP contribution in [0, 0.1) is 5.41 Å². The molecule has 0 spiro atoms. The molecule has 7 heteroatoms. The van der Waals surface area contributed by atoms with Gasteiger partial charge >= 0.3 is 5.97 Å². The molecule has 0 aliphatic rings. The van der Waals surface area contributed by atoms with Gasteiger partial charge in [-0.2, -0.15) is 0 Å². The number of para-hydroxylation sites is 1. The van der Waals surface area contributed by atoms with Crippen molar-refractivity contribution in [2.45, 2.75) is 40.3 Å². The van der Waals surface area contributed by atoms with Crippen LogP contribution in [-0.2, 0) is 24.4 Å². The smallest absolute Gasteiger partial charge is 0.309 e. The van der Waals surface area contributed by atoms with Crippen molar-refractivity contribution in [3.63, 3.8) is 0 Å². The summed E-state index contributed by atoms with van der Waals surface area (Å²) in [5, 5.41) is 12.3. The quantitative estimate of drug-likeness (QED) is 0.198. The number of nitrogens with zero attached hydrogens (tertiary/aromatic N) is 2. The molecule has 2 aromatic heterocycles. The molecule has 0 saturated heterocycles. The molecule has 1 N–H and O–H groups in total. The van der Waals surface area contributed by atoms with Crippen molar-refractivity contribution in [3.05, 3.63) is 106 Å². The molecule has 0 radical (unpaired) electrons. The second-order valence-corrected chi connectivity index (χ2v) is 10.9. The molecule has 2 heterocycles. The first-order chi connectivity index (χ1) is 18.6. The van der Waals surface area contributed by atoms with Crippen molar-refractivity contribution in [3.8, 4) is 5.75 Å². The second kappa shape index (κ2) is 10.5. The Kier molecular flexibility index (Phi) is 7.15. The molecule has 0 saturated carbocycles. The molecule has 0 aliphatic carbocycles. The van der Waals surface area contributed by atoms with Gasteiger partial charge in [0.25, 0.3) is 0 Å². The standard InChI is InChI=1S/C32H29ClN2O4/c1-20(36)30-26-16-25(39-19-24-13-10-22-6-4-5-7-27(22)34-24)14-15-28(26)35(18-21-8-11-23(33)12-9-21)29(30)17-32(2,3)31(37)38/h4-16H,17-19H2,1-3H3,(H,37,38). The fourth-order valence-electron chi connectivity index (χ4n) is 4.85. The van der Waals surface area contributed by atoms with E-state index >= 15 is 0 Å². The van der Waals surface area contributed by atoms with Gasteiger partial charge in [-0.15, -0.1) is 0 Å². The number of rotatable bonds is 9. The minimum Gasteiger partial charge on any atom is -0.487 e. The monoisotopic (exact) mass is 540 g/mol. The molecule has 0 amide bonds. The Morgan fingerprint density at radius 3 is 2.46 bits per heavy atom. The lowest BCUT2D eigenvalue weighted by atomic mass is 9.86. The Hall–Kier alpha value is -4.16. The molecule has 6 nitrogen and oxygen atoms in total. The first-order valence-corrected chi connectivity index (χ1v) is 13.1. The Morgan fingerprint density at radius 2 is 1.74 bits per heavy atom. The lowest BCUT2D eigenvalue weighted by molar-refractivity contribution is -0.146. The number of Topliss-reactive ketones (excluding diaryl/α,β-unsaturated/α-hetero) is 1. The fourth-order valence-corrected chi connectivity index (χ4v) is 4.97. The summed E-state index contributed by atoms with van der Waals surface area (Å²) in [5.74, 6) is -0.445. The number of ether oxygens (including phenoxy) is 1. The lowest BCUT2D eigenvalue weighted by Gasteiger charge is -2.21. The number of hydrogen-bond donors (Lipinski definition) is 1. The number of aliphatic carboxylic acids is 1. The van der Waals surface area contributed by atoms with Gasteiger partial charge in [0, 0.05) is 45.5 Å². The number of carbonyl (C=O) groups excluding carboxylic acids is 1. The van der Waals surface area contributed by atoms with Crippen molar-refractivity contribution >= 4 is 45.2 Å². The van der Waals surface area contributed by atoms with Crippen LogP contribution in [0.3, 0.4) is 0 Å². The molecule has 0 atom stereocenters. The van der Waals surface area contributed by atoms with Gasteiger partial charge in [0.15, 0.2) is 5.78 Å². The normalized spacial score (nSPS) is 11.7. The van der Waals surface area contributed by atoms with E-state index in [1.54, 1.807) is 13.8 Å². The summed E-state index contributed by atoms with van der Waals surface area (Å²) in [4.78, 5) is 29.8. The summed E-state index contributed by atoms with van der Waals surface area (Å²) in [6.45, 7) is 5.61. The van der Waals surface area contributed by atoms with Crippen LogP contribution in [0.5, 0.6) is 5.75 Å². The second-order valence-electron chi connectivity index (χ2n) is 10.4. The van der Waals surface area contributed by atoms with Gasteiger partial charge in [-0.05, 0) is 68.8 Å². The number of hydrogen-bond acceptors (Lipinski definition) is 4. The van der Waals surface area contributed by atoms with Crippen LogP contribution >= 0.6 is 11.6 Å². The summed E-state index contributed by atoms with van der Waals surface area (Å²) in [6, 6.07) is 25.0. The number of halogens is 1. The molecule has 198 valence electrons.